The molecule has 8 rings (SSSR count). The molecule has 8 saturated heterocycles. The molecule has 0 bridgehead atoms. The highest BCUT2D eigenvalue weighted by molar-refractivity contribution is 5.84. The van der Waals surface area contributed by atoms with Crippen molar-refractivity contribution >= 4 is 11.8 Å². The van der Waals surface area contributed by atoms with Crippen LogP contribution >= 0.6 is 0 Å². The predicted molar refractivity (Wildman–Crippen MR) is 215 cm³/mol. The summed E-state index contributed by atoms with van der Waals surface area (Å²) in [5.74, 6) is 0.789. The van der Waals surface area contributed by atoms with Gasteiger partial charge in [0.2, 0.25) is 11.8 Å². The van der Waals surface area contributed by atoms with Crippen LogP contribution in [-0.2, 0) is 9.59 Å². The Morgan fingerprint density at radius 3 is 1.04 bits per heavy atom. The molecular formula is C42H80N8O2. The first-order valence-electron chi connectivity index (χ1n) is 21.3. The highest BCUT2D eigenvalue weighted by atomic mass is 16.2. The molecule has 0 saturated carbocycles. The van der Waals surface area contributed by atoms with Gasteiger partial charge in [-0.3, -0.25) is 9.59 Å². The van der Waals surface area contributed by atoms with Crippen LogP contribution in [0.15, 0.2) is 0 Å². The van der Waals surface area contributed by atoms with Gasteiger partial charge in [-0.25, -0.2) is 0 Å². The Morgan fingerprint density at radius 1 is 0.327 bits per heavy atom. The van der Waals surface area contributed by atoms with Crippen molar-refractivity contribution in [1.82, 2.24) is 39.2 Å². The summed E-state index contributed by atoms with van der Waals surface area (Å²) in [7, 11) is 17.2. The van der Waals surface area contributed by atoms with Crippen molar-refractivity contribution in [2.75, 3.05) is 148 Å². The maximum Gasteiger partial charge on any atom is 0.228 e. The number of carbonyl (C=O) groups excluding carboxylic acids is 2. The van der Waals surface area contributed by atoms with Crippen molar-refractivity contribution in [3.63, 3.8) is 0 Å². The van der Waals surface area contributed by atoms with E-state index in [1.165, 1.54) is 104 Å². The Kier molecular flexibility index (Phi) is 14.6. The van der Waals surface area contributed by atoms with E-state index >= 15 is 0 Å². The second-order valence-electron chi connectivity index (χ2n) is 19.4. The predicted octanol–water partition coefficient (Wildman–Crippen LogP) is 3.97. The van der Waals surface area contributed by atoms with Crippen molar-refractivity contribution in [3.8, 4) is 0 Å². The van der Waals surface area contributed by atoms with Gasteiger partial charge in [-0.1, -0.05) is 0 Å². The molecular weight excluding hydrogens is 649 g/mol. The number of hydrogen-bond acceptors (Lipinski definition) is 8. The van der Waals surface area contributed by atoms with Crippen molar-refractivity contribution in [1.29, 1.82) is 0 Å². The molecule has 0 atom stereocenters. The van der Waals surface area contributed by atoms with E-state index in [0.29, 0.717) is 22.6 Å². The Balaban J connectivity index is 0.000000134. The molecule has 10 nitrogen and oxygen atoms in total. The zero-order valence-corrected chi connectivity index (χ0v) is 35.2. The smallest absolute Gasteiger partial charge is 0.228 e. The zero-order chi connectivity index (χ0) is 37.6. The lowest BCUT2D eigenvalue weighted by Gasteiger charge is -2.46. The average molecular weight is 729 g/mol. The van der Waals surface area contributed by atoms with Gasteiger partial charge in [-0.2, -0.15) is 0 Å². The molecule has 0 N–H and O–H groups in total. The number of carbonyl (C=O) groups is 2. The highest BCUT2D eigenvalue weighted by Crippen LogP contribution is 2.42. The quantitative estimate of drug-likeness (QED) is 0.372. The Hall–Kier alpha value is -1.30. The van der Waals surface area contributed by atoms with Crippen molar-refractivity contribution in [2.24, 2.45) is 21.7 Å². The van der Waals surface area contributed by atoms with E-state index in [1.807, 2.05) is 23.9 Å². The van der Waals surface area contributed by atoms with Crippen molar-refractivity contribution in [3.05, 3.63) is 0 Å². The first-order chi connectivity index (χ1) is 24.7. The average Bonchev–Trinajstić information content (AvgIpc) is 3.64. The van der Waals surface area contributed by atoms with Gasteiger partial charge in [-0.15, -0.1) is 0 Å². The summed E-state index contributed by atoms with van der Waals surface area (Å²) >= 11 is 0. The number of piperidine rings is 6. The van der Waals surface area contributed by atoms with Crippen molar-refractivity contribution in [2.45, 2.75) is 89.9 Å². The van der Waals surface area contributed by atoms with Crippen LogP contribution in [0.25, 0.3) is 0 Å². The van der Waals surface area contributed by atoms with E-state index in [4.69, 9.17) is 0 Å². The lowest BCUT2D eigenvalue weighted by Crippen LogP contribution is -2.51. The van der Waals surface area contributed by atoms with Gasteiger partial charge in [0.25, 0.3) is 0 Å². The molecule has 8 fully saturated rings. The molecule has 8 aliphatic rings. The maximum absolute atomic E-state index is 12.1. The third-order valence-electron chi connectivity index (χ3n) is 15.1. The fourth-order valence-electron chi connectivity index (χ4n) is 10.9. The van der Waals surface area contributed by atoms with Gasteiger partial charge in [0.05, 0.1) is 10.8 Å². The molecule has 0 aromatic carbocycles. The first kappa shape index (κ1) is 41.9. The number of hydrogen-bond donors (Lipinski definition) is 0. The van der Waals surface area contributed by atoms with E-state index in [-0.39, 0.29) is 10.8 Å². The third-order valence-corrected chi connectivity index (χ3v) is 15.1. The van der Waals surface area contributed by atoms with Gasteiger partial charge in [0.15, 0.2) is 0 Å². The number of nitrogens with zero attached hydrogens (tertiary/aromatic N) is 8. The number of rotatable bonds is 0. The Labute approximate surface area is 319 Å². The minimum atomic E-state index is 0.0134. The summed E-state index contributed by atoms with van der Waals surface area (Å²) in [6, 6.07) is 0. The normalized spacial score (nSPS) is 29.8. The van der Waals surface area contributed by atoms with Crippen LogP contribution in [0.4, 0.5) is 0 Å². The van der Waals surface area contributed by atoms with Crippen LogP contribution in [0.2, 0.25) is 0 Å². The maximum atomic E-state index is 12.1. The lowest BCUT2D eigenvalue weighted by atomic mass is 9.72. The van der Waals surface area contributed by atoms with E-state index in [1.54, 1.807) is 0 Å². The molecule has 8 heterocycles. The van der Waals surface area contributed by atoms with Gasteiger partial charge in [0, 0.05) is 40.3 Å². The lowest BCUT2D eigenvalue weighted by molar-refractivity contribution is -0.148. The molecule has 4 spiro atoms. The molecule has 0 aliphatic carbocycles. The summed E-state index contributed by atoms with van der Waals surface area (Å²) in [6.45, 7) is 16.8. The van der Waals surface area contributed by atoms with Gasteiger partial charge < -0.3 is 39.2 Å². The van der Waals surface area contributed by atoms with E-state index in [2.05, 4.69) is 71.7 Å². The van der Waals surface area contributed by atoms with Gasteiger partial charge >= 0.3 is 0 Å². The van der Waals surface area contributed by atoms with Crippen LogP contribution in [0.1, 0.15) is 89.9 Å². The minimum Gasteiger partial charge on any atom is -0.345 e. The van der Waals surface area contributed by atoms with E-state index < -0.39 is 0 Å². The summed E-state index contributed by atoms with van der Waals surface area (Å²) in [5, 5.41) is 0. The molecule has 8 aliphatic heterocycles. The topological polar surface area (TPSA) is 60.1 Å². The summed E-state index contributed by atoms with van der Waals surface area (Å²) in [5.41, 5.74) is 1.45. The van der Waals surface area contributed by atoms with E-state index in [9.17, 15) is 9.59 Å². The van der Waals surface area contributed by atoms with Crippen molar-refractivity contribution < 1.29 is 9.59 Å². The van der Waals surface area contributed by atoms with Crippen LogP contribution in [-0.4, -0.2) is 199 Å². The summed E-state index contributed by atoms with van der Waals surface area (Å²) in [4.78, 5) is 42.4. The zero-order valence-electron chi connectivity index (χ0n) is 35.2. The van der Waals surface area contributed by atoms with Gasteiger partial charge in [0.1, 0.15) is 0 Å². The van der Waals surface area contributed by atoms with Crippen LogP contribution < -0.4 is 0 Å². The molecule has 10 heteroatoms. The van der Waals surface area contributed by atoms with Crippen LogP contribution in [0.5, 0.6) is 0 Å². The molecule has 300 valence electrons. The largest absolute Gasteiger partial charge is 0.345 e. The van der Waals surface area contributed by atoms with Crippen LogP contribution in [0.3, 0.4) is 0 Å². The van der Waals surface area contributed by atoms with Crippen LogP contribution in [0, 0.1) is 21.7 Å². The molecule has 52 heavy (non-hydrogen) atoms. The summed E-state index contributed by atoms with van der Waals surface area (Å²) < 4.78 is 0. The standard InChI is InChI=1S/C11H20N2O.C11H22N2.C10H18N2O.C10H20N2/c1-12-8-5-11(6-9-12)4-3-7-13(2)10(11)14;1-12-8-5-11(6-9-12)4-3-7-13(2)10-11;1-11-6-3-10(4-7-11)5-8-12(2)9(10)13;1-11-6-3-10(4-7-11)5-8-12(2)9-10/h3-9H2,1-2H3;3-10H2,1-2H3;3-8H2,1-2H3;3-9H2,1-2H3. The Bertz CT molecular complexity index is 1130. The molecule has 2 amide bonds. The second kappa shape index (κ2) is 18.1. The van der Waals surface area contributed by atoms with E-state index in [0.717, 1.165) is 77.8 Å². The molecule has 0 unspecified atom stereocenters. The third kappa shape index (κ3) is 10.5. The monoisotopic (exact) mass is 729 g/mol. The molecule has 0 aromatic rings. The highest BCUT2D eigenvalue weighted by Gasteiger charge is 2.47. The number of amides is 2. The molecule has 0 aromatic heterocycles. The second-order valence-corrected chi connectivity index (χ2v) is 19.4. The number of likely N-dealkylation sites (tertiary alicyclic amines) is 8. The fraction of sp³-hybridized carbons (Fsp3) is 0.952. The SMILES string of the molecule is CN1CCC2(CC1)CCN(C)C2.CN1CCC2(CC1)CCN(C)C2=O.CN1CCC2(CCCN(C)C2)CC1.CN1CCC2(CCCN(C)C2=O)CC1. The summed E-state index contributed by atoms with van der Waals surface area (Å²) in [6.07, 6.45) is 17.7. The molecule has 0 radical (unpaired) electrons. The van der Waals surface area contributed by atoms with Gasteiger partial charge in [-0.05, 0) is 208 Å². The Morgan fingerprint density at radius 2 is 0.635 bits per heavy atom. The first-order valence-corrected chi connectivity index (χ1v) is 21.3. The minimum absolute atomic E-state index is 0.0134. The fourth-order valence-corrected chi connectivity index (χ4v) is 10.9.